The standard InChI is InChI=1S/C19H21F3N2O/c1-13-8-9-16(14(2)10-13)11-23-17(25)12-24-18(19(20,21)22)15-6-4-3-5-7-15/h3-10,18,24H,11-12H2,1-2H3,(H,23,25). The molecule has 6 heteroatoms. The third-order valence-corrected chi connectivity index (χ3v) is 3.90. The number of carbonyl (C=O) groups is 1. The molecule has 0 fully saturated rings. The number of rotatable bonds is 6. The zero-order valence-electron chi connectivity index (χ0n) is 14.2. The summed E-state index contributed by atoms with van der Waals surface area (Å²) in [5.74, 6) is -0.481. The molecule has 1 unspecified atom stereocenters. The van der Waals surface area contributed by atoms with Crippen molar-refractivity contribution in [2.45, 2.75) is 32.6 Å². The highest BCUT2D eigenvalue weighted by atomic mass is 19.4. The number of halogens is 3. The van der Waals surface area contributed by atoms with E-state index in [9.17, 15) is 18.0 Å². The second-order valence-corrected chi connectivity index (χ2v) is 5.97. The van der Waals surface area contributed by atoms with Gasteiger partial charge in [-0.1, -0.05) is 54.1 Å². The smallest absolute Gasteiger partial charge is 0.351 e. The molecule has 0 aromatic heterocycles. The molecule has 0 saturated carbocycles. The first-order chi connectivity index (χ1) is 11.8. The van der Waals surface area contributed by atoms with Crippen molar-refractivity contribution < 1.29 is 18.0 Å². The lowest BCUT2D eigenvalue weighted by molar-refractivity contribution is -0.158. The first kappa shape index (κ1) is 19.0. The van der Waals surface area contributed by atoms with Crippen molar-refractivity contribution in [1.82, 2.24) is 10.6 Å². The Kier molecular flexibility index (Phi) is 6.20. The Hall–Kier alpha value is -2.34. The fourth-order valence-corrected chi connectivity index (χ4v) is 2.56. The molecule has 2 N–H and O–H groups in total. The van der Waals surface area contributed by atoms with Crippen LogP contribution in [0.1, 0.15) is 28.3 Å². The summed E-state index contributed by atoms with van der Waals surface area (Å²) in [7, 11) is 0. The fourth-order valence-electron chi connectivity index (χ4n) is 2.56. The molecule has 0 heterocycles. The third kappa shape index (κ3) is 5.60. The molecule has 25 heavy (non-hydrogen) atoms. The summed E-state index contributed by atoms with van der Waals surface area (Å²) < 4.78 is 39.6. The van der Waals surface area contributed by atoms with E-state index >= 15 is 0 Å². The van der Waals surface area contributed by atoms with E-state index in [0.717, 1.165) is 16.7 Å². The Bertz CT molecular complexity index is 714. The molecule has 2 rings (SSSR count). The van der Waals surface area contributed by atoms with E-state index in [0.29, 0.717) is 0 Å². The van der Waals surface area contributed by atoms with Crippen LogP contribution in [0, 0.1) is 13.8 Å². The summed E-state index contributed by atoms with van der Waals surface area (Å²) in [5.41, 5.74) is 3.17. The summed E-state index contributed by atoms with van der Waals surface area (Å²) in [5, 5.41) is 4.95. The molecule has 0 bridgehead atoms. The highest BCUT2D eigenvalue weighted by Gasteiger charge is 2.40. The highest BCUT2D eigenvalue weighted by molar-refractivity contribution is 5.78. The topological polar surface area (TPSA) is 41.1 Å². The number of hydrogen-bond acceptors (Lipinski definition) is 2. The monoisotopic (exact) mass is 350 g/mol. The van der Waals surface area contributed by atoms with Crippen LogP contribution in [0.2, 0.25) is 0 Å². The number of nitrogens with one attached hydrogen (secondary N) is 2. The molecule has 0 spiro atoms. The van der Waals surface area contributed by atoms with Crippen molar-refractivity contribution in [1.29, 1.82) is 0 Å². The molecular weight excluding hydrogens is 329 g/mol. The molecule has 1 atom stereocenters. The van der Waals surface area contributed by atoms with Crippen LogP contribution in [0.5, 0.6) is 0 Å². The molecule has 1 amide bonds. The van der Waals surface area contributed by atoms with Gasteiger partial charge in [0.05, 0.1) is 6.54 Å². The van der Waals surface area contributed by atoms with E-state index in [-0.39, 0.29) is 12.1 Å². The lowest BCUT2D eigenvalue weighted by atomic mass is 10.1. The Morgan fingerprint density at radius 3 is 2.36 bits per heavy atom. The first-order valence-corrected chi connectivity index (χ1v) is 7.95. The van der Waals surface area contributed by atoms with Gasteiger partial charge in [0, 0.05) is 6.54 Å². The maximum atomic E-state index is 13.2. The van der Waals surface area contributed by atoms with Crippen molar-refractivity contribution in [3.8, 4) is 0 Å². The number of amides is 1. The average molecular weight is 350 g/mol. The molecular formula is C19H21F3N2O. The quantitative estimate of drug-likeness (QED) is 0.832. The van der Waals surface area contributed by atoms with Gasteiger partial charge in [0.15, 0.2) is 0 Å². The zero-order chi connectivity index (χ0) is 18.4. The summed E-state index contributed by atoms with van der Waals surface area (Å²) >= 11 is 0. The van der Waals surface area contributed by atoms with Crippen molar-refractivity contribution in [2.24, 2.45) is 0 Å². The van der Waals surface area contributed by atoms with Crippen LogP contribution in [0.3, 0.4) is 0 Å². The Labute approximate surface area is 145 Å². The zero-order valence-corrected chi connectivity index (χ0v) is 14.2. The predicted molar refractivity (Wildman–Crippen MR) is 91.0 cm³/mol. The van der Waals surface area contributed by atoms with Gasteiger partial charge in [-0.2, -0.15) is 13.2 Å². The second-order valence-electron chi connectivity index (χ2n) is 5.97. The number of alkyl halides is 3. The molecule has 0 aliphatic rings. The highest BCUT2D eigenvalue weighted by Crippen LogP contribution is 2.32. The van der Waals surface area contributed by atoms with Gasteiger partial charge >= 0.3 is 6.18 Å². The van der Waals surface area contributed by atoms with Gasteiger partial charge in [-0.15, -0.1) is 0 Å². The third-order valence-electron chi connectivity index (χ3n) is 3.90. The van der Waals surface area contributed by atoms with E-state index in [4.69, 9.17) is 0 Å². The molecule has 0 radical (unpaired) electrons. The van der Waals surface area contributed by atoms with E-state index < -0.39 is 24.7 Å². The number of hydrogen-bond donors (Lipinski definition) is 2. The average Bonchev–Trinajstić information content (AvgIpc) is 2.54. The number of aryl methyl sites for hydroxylation is 2. The Balaban J connectivity index is 1.93. The first-order valence-electron chi connectivity index (χ1n) is 7.95. The van der Waals surface area contributed by atoms with Crippen LogP contribution in [-0.2, 0) is 11.3 Å². The van der Waals surface area contributed by atoms with E-state index in [1.54, 1.807) is 6.07 Å². The van der Waals surface area contributed by atoms with Crippen LogP contribution in [0.15, 0.2) is 48.5 Å². The van der Waals surface area contributed by atoms with Gasteiger partial charge in [0.1, 0.15) is 6.04 Å². The lowest BCUT2D eigenvalue weighted by Crippen LogP contribution is -2.40. The van der Waals surface area contributed by atoms with Gasteiger partial charge in [-0.25, -0.2) is 0 Å². The summed E-state index contributed by atoms with van der Waals surface area (Å²) in [6.07, 6.45) is -4.48. The normalized spacial score (nSPS) is 12.7. The second kappa shape index (κ2) is 8.16. The molecule has 0 aliphatic carbocycles. The van der Waals surface area contributed by atoms with E-state index in [2.05, 4.69) is 10.6 Å². The van der Waals surface area contributed by atoms with Crippen LogP contribution in [0.4, 0.5) is 13.2 Å². The van der Waals surface area contributed by atoms with Crippen LogP contribution in [0.25, 0.3) is 0 Å². The molecule has 0 aliphatic heterocycles. The predicted octanol–water partition coefficient (Wildman–Crippen LogP) is 3.81. The van der Waals surface area contributed by atoms with Crippen molar-refractivity contribution in [3.63, 3.8) is 0 Å². The van der Waals surface area contributed by atoms with Crippen LogP contribution >= 0.6 is 0 Å². The largest absolute Gasteiger partial charge is 0.407 e. The van der Waals surface area contributed by atoms with E-state index in [1.807, 2.05) is 32.0 Å². The van der Waals surface area contributed by atoms with Gasteiger partial charge in [-0.05, 0) is 30.5 Å². The minimum atomic E-state index is -4.48. The van der Waals surface area contributed by atoms with Crippen molar-refractivity contribution in [2.75, 3.05) is 6.54 Å². The molecule has 2 aromatic carbocycles. The molecule has 3 nitrogen and oxygen atoms in total. The molecule has 134 valence electrons. The SMILES string of the molecule is Cc1ccc(CNC(=O)CNC(c2ccccc2)C(F)(F)F)c(C)c1. The minimum Gasteiger partial charge on any atom is -0.351 e. The van der Waals surface area contributed by atoms with Crippen LogP contribution < -0.4 is 10.6 Å². The number of carbonyl (C=O) groups excluding carboxylic acids is 1. The molecule has 0 saturated heterocycles. The minimum absolute atomic E-state index is 0.0807. The fraction of sp³-hybridized carbons (Fsp3) is 0.316. The lowest BCUT2D eigenvalue weighted by Gasteiger charge is -2.22. The Morgan fingerprint density at radius 2 is 1.76 bits per heavy atom. The number of benzene rings is 2. The van der Waals surface area contributed by atoms with Gasteiger partial charge < -0.3 is 5.32 Å². The summed E-state index contributed by atoms with van der Waals surface area (Å²) in [4.78, 5) is 11.9. The Morgan fingerprint density at radius 1 is 1.08 bits per heavy atom. The van der Waals surface area contributed by atoms with E-state index in [1.165, 1.54) is 24.3 Å². The van der Waals surface area contributed by atoms with Crippen molar-refractivity contribution in [3.05, 3.63) is 70.8 Å². The summed E-state index contributed by atoms with van der Waals surface area (Å²) in [6, 6.07) is 11.5. The van der Waals surface area contributed by atoms with Gasteiger partial charge in [0.25, 0.3) is 0 Å². The van der Waals surface area contributed by atoms with Gasteiger partial charge in [-0.3, -0.25) is 10.1 Å². The maximum absolute atomic E-state index is 13.2. The van der Waals surface area contributed by atoms with Gasteiger partial charge in [0.2, 0.25) is 5.91 Å². The maximum Gasteiger partial charge on any atom is 0.407 e. The summed E-state index contributed by atoms with van der Waals surface area (Å²) in [6.45, 7) is 3.78. The van der Waals surface area contributed by atoms with Crippen LogP contribution in [-0.4, -0.2) is 18.6 Å². The molecule has 2 aromatic rings. The van der Waals surface area contributed by atoms with Crippen molar-refractivity contribution >= 4 is 5.91 Å².